The molecule has 0 saturated carbocycles. The highest BCUT2D eigenvalue weighted by molar-refractivity contribution is 5.97. The van der Waals surface area contributed by atoms with Gasteiger partial charge in [-0.25, -0.2) is 4.39 Å². The lowest BCUT2D eigenvalue weighted by atomic mass is 10.1. The van der Waals surface area contributed by atoms with E-state index in [0.29, 0.717) is 24.1 Å². The Kier molecular flexibility index (Phi) is 5.95. The van der Waals surface area contributed by atoms with Crippen molar-refractivity contribution >= 4 is 5.84 Å². The molecule has 112 valence electrons. The van der Waals surface area contributed by atoms with Crippen LogP contribution in [0.15, 0.2) is 23.4 Å². The molecule has 5 heteroatoms. The van der Waals surface area contributed by atoms with Crippen LogP contribution in [0.4, 0.5) is 4.39 Å². The van der Waals surface area contributed by atoms with Gasteiger partial charge in [-0.05, 0) is 43.5 Å². The highest BCUT2D eigenvalue weighted by Gasteiger charge is 2.13. The molecule has 0 aliphatic rings. The summed E-state index contributed by atoms with van der Waals surface area (Å²) >= 11 is 0. The molecular weight excluding hydrogens is 257 g/mol. The van der Waals surface area contributed by atoms with Crippen molar-refractivity contribution in [3.8, 4) is 0 Å². The Bertz CT molecular complexity index is 472. The minimum Gasteiger partial charge on any atom is -0.409 e. The van der Waals surface area contributed by atoms with E-state index in [1.54, 1.807) is 6.07 Å². The third-order valence-corrected chi connectivity index (χ3v) is 3.08. The van der Waals surface area contributed by atoms with E-state index in [1.807, 2.05) is 0 Å². The summed E-state index contributed by atoms with van der Waals surface area (Å²) in [4.78, 5) is 2.27. The van der Waals surface area contributed by atoms with Crippen molar-refractivity contribution in [3.05, 3.63) is 35.1 Å². The van der Waals surface area contributed by atoms with Gasteiger partial charge in [0.2, 0.25) is 0 Å². The van der Waals surface area contributed by atoms with E-state index in [1.165, 1.54) is 12.1 Å². The molecule has 0 aliphatic heterocycles. The van der Waals surface area contributed by atoms with Gasteiger partial charge in [-0.15, -0.1) is 0 Å². The number of hydrogen-bond acceptors (Lipinski definition) is 3. The van der Waals surface area contributed by atoms with Crippen LogP contribution < -0.4 is 5.73 Å². The van der Waals surface area contributed by atoms with Crippen LogP contribution in [0.25, 0.3) is 0 Å². The highest BCUT2D eigenvalue weighted by atomic mass is 19.1. The maximum atomic E-state index is 13.6. The fourth-order valence-corrected chi connectivity index (χ4v) is 2.11. The maximum Gasteiger partial charge on any atom is 0.170 e. The molecule has 0 bridgehead atoms. The lowest BCUT2D eigenvalue weighted by molar-refractivity contribution is 0.189. The second-order valence-electron chi connectivity index (χ2n) is 5.75. The van der Waals surface area contributed by atoms with Gasteiger partial charge < -0.3 is 10.9 Å². The number of hydrogen-bond donors (Lipinski definition) is 2. The topological polar surface area (TPSA) is 61.8 Å². The zero-order valence-corrected chi connectivity index (χ0v) is 12.6. The second-order valence-corrected chi connectivity index (χ2v) is 5.75. The van der Waals surface area contributed by atoms with E-state index >= 15 is 0 Å². The van der Waals surface area contributed by atoms with Crippen LogP contribution in [0.2, 0.25) is 0 Å². The molecule has 0 aromatic heterocycles. The Morgan fingerprint density at radius 3 is 2.45 bits per heavy atom. The summed E-state index contributed by atoms with van der Waals surface area (Å²) in [5, 5.41) is 11.6. The molecule has 3 N–H and O–H groups in total. The van der Waals surface area contributed by atoms with Crippen molar-refractivity contribution in [2.75, 3.05) is 6.54 Å². The van der Waals surface area contributed by atoms with Gasteiger partial charge in [0.25, 0.3) is 0 Å². The first kappa shape index (κ1) is 16.4. The van der Waals surface area contributed by atoms with E-state index in [2.05, 4.69) is 37.8 Å². The zero-order valence-electron chi connectivity index (χ0n) is 12.6. The molecule has 0 spiro atoms. The van der Waals surface area contributed by atoms with Crippen molar-refractivity contribution in [1.29, 1.82) is 0 Å². The molecule has 0 radical (unpaired) electrons. The standard InChI is InChI=1S/C15H24FN3O/c1-10(2)8-19(11(3)4)9-12-5-13(15(17)18-20)7-14(16)6-12/h5-7,10-11,20H,8-9H2,1-4H3,(H2,17,18). The van der Waals surface area contributed by atoms with E-state index < -0.39 is 0 Å². The van der Waals surface area contributed by atoms with Crippen molar-refractivity contribution in [3.63, 3.8) is 0 Å². The van der Waals surface area contributed by atoms with Crippen molar-refractivity contribution < 1.29 is 9.60 Å². The summed E-state index contributed by atoms with van der Waals surface area (Å²) < 4.78 is 13.6. The predicted octanol–water partition coefficient (Wildman–Crippen LogP) is 2.79. The number of amidine groups is 1. The third kappa shape index (κ3) is 4.81. The van der Waals surface area contributed by atoms with Crippen LogP contribution in [0.1, 0.15) is 38.8 Å². The van der Waals surface area contributed by atoms with E-state index in [-0.39, 0.29) is 11.7 Å². The van der Waals surface area contributed by atoms with Gasteiger partial charge >= 0.3 is 0 Å². The van der Waals surface area contributed by atoms with Gasteiger partial charge in [0, 0.05) is 24.7 Å². The number of halogens is 1. The smallest absolute Gasteiger partial charge is 0.170 e. The Morgan fingerprint density at radius 1 is 1.30 bits per heavy atom. The van der Waals surface area contributed by atoms with E-state index in [4.69, 9.17) is 10.9 Å². The Hall–Kier alpha value is -1.62. The minimum atomic E-state index is -0.377. The van der Waals surface area contributed by atoms with Crippen LogP contribution in [0.5, 0.6) is 0 Å². The molecule has 0 atom stereocenters. The summed E-state index contributed by atoms with van der Waals surface area (Å²) in [6.07, 6.45) is 0. The van der Waals surface area contributed by atoms with E-state index in [0.717, 1.165) is 12.1 Å². The average molecular weight is 281 g/mol. The Balaban J connectivity index is 2.98. The molecule has 0 unspecified atom stereocenters. The maximum absolute atomic E-state index is 13.6. The SMILES string of the molecule is CC(C)CN(Cc1cc(F)cc(/C(N)=N/O)c1)C(C)C. The molecule has 0 fully saturated rings. The zero-order chi connectivity index (χ0) is 15.3. The monoisotopic (exact) mass is 281 g/mol. The summed E-state index contributed by atoms with van der Waals surface area (Å²) in [6, 6.07) is 4.88. The molecule has 1 aromatic rings. The van der Waals surface area contributed by atoms with Crippen LogP contribution in [0.3, 0.4) is 0 Å². The first-order chi connectivity index (χ1) is 9.33. The lowest BCUT2D eigenvalue weighted by Gasteiger charge is -2.28. The van der Waals surface area contributed by atoms with Crippen LogP contribution >= 0.6 is 0 Å². The fraction of sp³-hybridized carbons (Fsp3) is 0.533. The van der Waals surface area contributed by atoms with Gasteiger partial charge in [-0.3, -0.25) is 4.90 Å². The first-order valence-corrected chi connectivity index (χ1v) is 6.85. The molecular formula is C15H24FN3O. The summed E-state index contributed by atoms with van der Waals surface area (Å²) in [5.74, 6) is 0.0811. The van der Waals surface area contributed by atoms with Gasteiger partial charge in [-0.1, -0.05) is 19.0 Å². The van der Waals surface area contributed by atoms with Crippen molar-refractivity contribution in [2.24, 2.45) is 16.8 Å². The molecule has 20 heavy (non-hydrogen) atoms. The van der Waals surface area contributed by atoms with Gasteiger partial charge in [0.15, 0.2) is 5.84 Å². The predicted molar refractivity (Wildman–Crippen MR) is 79.3 cm³/mol. The minimum absolute atomic E-state index is 0.0780. The average Bonchev–Trinajstić information content (AvgIpc) is 2.35. The summed E-state index contributed by atoms with van der Waals surface area (Å²) in [5.41, 5.74) is 6.74. The fourth-order valence-electron chi connectivity index (χ4n) is 2.11. The number of benzene rings is 1. The first-order valence-electron chi connectivity index (χ1n) is 6.85. The number of oxime groups is 1. The van der Waals surface area contributed by atoms with Crippen LogP contribution in [0, 0.1) is 11.7 Å². The van der Waals surface area contributed by atoms with Gasteiger partial charge in [-0.2, -0.15) is 0 Å². The third-order valence-electron chi connectivity index (χ3n) is 3.08. The molecule has 0 saturated heterocycles. The summed E-state index contributed by atoms with van der Waals surface area (Å²) in [6.45, 7) is 10.1. The Labute approximate surface area is 120 Å². The molecule has 0 amide bonds. The van der Waals surface area contributed by atoms with Gasteiger partial charge in [0.1, 0.15) is 5.82 Å². The van der Waals surface area contributed by atoms with Crippen LogP contribution in [-0.2, 0) is 6.54 Å². The molecule has 1 rings (SSSR count). The molecule has 1 aromatic carbocycles. The van der Waals surface area contributed by atoms with E-state index in [9.17, 15) is 4.39 Å². The quantitative estimate of drug-likeness (QED) is 0.365. The normalized spacial score (nSPS) is 12.7. The largest absolute Gasteiger partial charge is 0.409 e. The number of rotatable bonds is 6. The molecule has 0 aliphatic carbocycles. The van der Waals surface area contributed by atoms with Crippen molar-refractivity contribution in [1.82, 2.24) is 4.90 Å². The van der Waals surface area contributed by atoms with Crippen molar-refractivity contribution in [2.45, 2.75) is 40.3 Å². The second kappa shape index (κ2) is 7.24. The highest BCUT2D eigenvalue weighted by Crippen LogP contribution is 2.14. The summed E-state index contributed by atoms with van der Waals surface area (Å²) in [7, 11) is 0. The lowest BCUT2D eigenvalue weighted by Crippen LogP contribution is -2.33. The molecule has 0 heterocycles. The number of nitrogens with two attached hydrogens (primary N) is 1. The van der Waals surface area contributed by atoms with Crippen LogP contribution in [-0.4, -0.2) is 28.5 Å². The Morgan fingerprint density at radius 2 is 1.95 bits per heavy atom. The van der Waals surface area contributed by atoms with Gasteiger partial charge in [0.05, 0.1) is 0 Å². The molecule has 4 nitrogen and oxygen atoms in total. The number of nitrogens with zero attached hydrogens (tertiary/aromatic N) is 2.